The second-order valence-electron chi connectivity index (χ2n) is 5.12. The molecule has 0 saturated heterocycles. The number of fused-ring (bicyclic) bond motifs is 1. The Morgan fingerprint density at radius 3 is 2.47 bits per heavy atom. The second-order valence-corrected chi connectivity index (χ2v) is 5.12. The first kappa shape index (κ1) is 12.4. The molecule has 3 rings (SSSR count). The summed E-state index contributed by atoms with van der Waals surface area (Å²) in [6, 6.07) is 8.45. The van der Waals surface area contributed by atoms with Gasteiger partial charge in [0.1, 0.15) is 0 Å². The molecule has 1 aliphatic carbocycles. The van der Waals surface area contributed by atoms with Crippen molar-refractivity contribution in [2.75, 3.05) is 18.1 Å². The van der Waals surface area contributed by atoms with Crippen LogP contribution in [0.25, 0.3) is 11.0 Å². The van der Waals surface area contributed by atoms with Gasteiger partial charge in [0.15, 0.2) is 5.82 Å². The van der Waals surface area contributed by atoms with Crippen LogP contribution < -0.4 is 4.90 Å². The zero-order chi connectivity index (χ0) is 13.2. The predicted molar refractivity (Wildman–Crippen MR) is 76.3 cm³/mol. The van der Waals surface area contributed by atoms with E-state index in [1.807, 2.05) is 31.2 Å². The molecule has 0 unspecified atom stereocenters. The first-order valence-electron chi connectivity index (χ1n) is 6.90. The smallest absolute Gasteiger partial charge is 0.151 e. The van der Waals surface area contributed by atoms with Gasteiger partial charge in [-0.15, -0.1) is 0 Å². The molecule has 1 aliphatic rings. The number of para-hydroxylation sites is 2. The largest absolute Gasteiger partial charge is 0.395 e. The maximum Gasteiger partial charge on any atom is 0.151 e. The van der Waals surface area contributed by atoms with E-state index in [0.717, 1.165) is 22.5 Å². The fourth-order valence-corrected chi connectivity index (χ4v) is 2.62. The normalized spacial score (nSPS) is 15.5. The van der Waals surface area contributed by atoms with Gasteiger partial charge in [-0.25, -0.2) is 9.97 Å². The Morgan fingerprint density at radius 2 is 1.89 bits per heavy atom. The van der Waals surface area contributed by atoms with E-state index in [1.54, 1.807) is 0 Å². The number of benzene rings is 1. The summed E-state index contributed by atoms with van der Waals surface area (Å²) in [7, 11) is 0. The maximum atomic E-state index is 9.28. The van der Waals surface area contributed by atoms with Crippen LogP contribution in [0, 0.1) is 6.92 Å². The molecular weight excluding hydrogens is 238 g/mol. The SMILES string of the molecule is Cc1nc2ccccc2nc1N(CCO)C1CCC1. The summed E-state index contributed by atoms with van der Waals surface area (Å²) in [5, 5.41) is 9.28. The third kappa shape index (κ3) is 2.28. The lowest BCUT2D eigenvalue weighted by atomic mass is 9.91. The Balaban J connectivity index is 2.03. The van der Waals surface area contributed by atoms with Crippen molar-refractivity contribution in [3.63, 3.8) is 0 Å². The molecule has 0 radical (unpaired) electrons. The van der Waals surface area contributed by atoms with Gasteiger partial charge < -0.3 is 10.0 Å². The van der Waals surface area contributed by atoms with Crippen LogP contribution in [-0.4, -0.2) is 34.3 Å². The van der Waals surface area contributed by atoms with Crippen LogP contribution >= 0.6 is 0 Å². The number of nitrogens with zero attached hydrogens (tertiary/aromatic N) is 3. The molecule has 0 aliphatic heterocycles. The summed E-state index contributed by atoms with van der Waals surface area (Å²) < 4.78 is 0. The molecule has 1 heterocycles. The fraction of sp³-hybridized carbons (Fsp3) is 0.467. The molecule has 2 aromatic rings. The monoisotopic (exact) mass is 257 g/mol. The third-order valence-corrected chi connectivity index (χ3v) is 3.85. The number of hydrogen-bond acceptors (Lipinski definition) is 4. The van der Waals surface area contributed by atoms with Crippen LogP contribution in [0.4, 0.5) is 5.82 Å². The van der Waals surface area contributed by atoms with Crippen LogP contribution in [-0.2, 0) is 0 Å². The van der Waals surface area contributed by atoms with Crippen molar-refractivity contribution in [1.29, 1.82) is 0 Å². The molecule has 1 aromatic carbocycles. The van der Waals surface area contributed by atoms with Crippen molar-refractivity contribution in [3.05, 3.63) is 30.0 Å². The van der Waals surface area contributed by atoms with E-state index in [1.165, 1.54) is 19.3 Å². The van der Waals surface area contributed by atoms with Crippen molar-refractivity contribution >= 4 is 16.9 Å². The number of rotatable bonds is 4. The molecule has 0 bridgehead atoms. The summed E-state index contributed by atoms with van der Waals surface area (Å²) in [6.45, 7) is 2.79. The van der Waals surface area contributed by atoms with Crippen molar-refractivity contribution in [2.45, 2.75) is 32.2 Å². The average Bonchev–Trinajstić information content (AvgIpc) is 2.35. The first-order valence-corrected chi connectivity index (χ1v) is 6.90. The van der Waals surface area contributed by atoms with E-state index in [4.69, 9.17) is 4.98 Å². The summed E-state index contributed by atoms with van der Waals surface area (Å²) >= 11 is 0. The van der Waals surface area contributed by atoms with E-state index in [2.05, 4.69) is 9.88 Å². The number of aliphatic hydroxyl groups is 1. The van der Waals surface area contributed by atoms with E-state index in [9.17, 15) is 5.11 Å². The van der Waals surface area contributed by atoms with Crippen LogP contribution in [0.5, 0.6) is 0 Å². The topological polar surface area (TPSA) is 49.2 Å². The standard InChI is InChI=1S/C15H19N3O/c1-11-15(18(9-10-19)12-5-4-6-12)17-14-8-3-2-7-13(14)16-11/h2-3,7-8,12,19H,4-6,9-10H2,1H3. The van der Waals surface area contributed by atoms with Gasteiger partial charge in [-0.1, -0.05) is 12.1 Å². The lowest BCUT2D eigenvalue weighted by molar-refractivity contribution is 0.283. The minimum Gasteiger partial charge on any atom is -0.395 e. The summed E-state index contributed by atoms with van der Waals surface area (Å²) in [4.78, 5) is 11.6. The van der Waals surface area contributed by atoms with Crippen molar-refractivity contribution in [1.82, 2.24) is 9.97 Å². The highest BCUT2D eigenvalue weighted by Gasteiger charge is 2.27. The van der Waals surface area contributed by atoms with Gasteiger partial charge in [-0.05, 0) is 38.3 Å². The molecule has 100 valence electrons. The molecule has 1 N–H and O–H groups in total. The van der Waals surface area contributed by atoms with E-state index < -0.39 is 0 Å². The second kappa shape index (κ2) is 5.13. The lowest BCUT2D eigenvalue weighted by Gasteiger charge is -2.38. The highest BCUT2D eigenvalue weighted by molar-refractivity contribution is 5.76. The summed E-state index contributed by atoms with van der Waals surface area (Å²) in [6.07, 6.45) is 3.65. The zero-order valence-corrected chi connectivity index (χ0v) is 11.2. The molecule has 1 fully saturated rings. The molecule has 19 heavy (non-hydrogen) atoms. The molecule has 1 saturated carbocycles. The van der Waals surface area contributed by atoms with Gasteiger partial charge in [-0.2, -0.15) is 0 Å². The number of anilines is 1. The third-order valence-electron chi connectivity index (χ3n) is 3.85. The summed E-state index contributed by atoms with van der Waals surface area (Å²) in [5.41, 5.74) is 2.80. The molecule has 0 amide bonds. The number of hydrogen-bond donors (Lipinski definition) is 1. The summed E-state index contributed by atoms with van der Waals surface area (Å²) in [5.74, 6) is 0.928. The van der Waals surface area contributed by atoms with Gasteiger partial charge in [0.05, 0.1) is 23.3 Å². The van der Waals surface area contributed by atoms with Crippen molar-refractivity contribution < 1.29 is 5.11 Å². The molecule has 4 heteroatoms. The van der Waals surface area contributed by atoms with Crippen molar-refractivity contribution in [3.8, 4) is 0 Å². The zero-order valence-electron chi connectivity index (χ0n) is 11.2. The van der Waals surface area contributed by atoms with Crippen LogP contribution in [0.15, 0.2) is 24.3 Å². The van der Waals surface area contributed by atoms with Gasteiger partial charge in [0, 0.05) is 12.6 Å². The minimum absolute atomic E-state index is 0.157. The Kier molecular flexibility index (Phi) is 3.34. The highest BCUT2D eigenvalue weighted by atomic mass is 16.3. The average molecular weight is 257 g/mol. The minimum atomic E-state index is 0.157. The molecule has 0 atom stereocenters. The van der Waals surface area contributed by atoms with E-state index in [0.29, 0.717) is 12.6 Å². The van der Waals surface area contributed by atoms with Crippen LogP contribution in [0.3, 0.4) is 0 Å². The quantitative estimate of drug-likeness (QED) is 0.913. The number of aromatic nitrogens is 2. The van der Waals surface area contributed by atoms with Gasteiger partial charge in [0.2, 0.25) is 0 Å². The van der Waals surface area contributed by atoms with E-state index >= 15 is 0 Å². The highest BCUT2D eigenvalue weighted by Crippen LogP contribution is 2.30. The fourth-order valence-electron chi connectivity index (χ4n) is 2.62. The van der Waals surface area contributed by atoms with Gasteiger partial charge >= 0.3 is 0 Å². The molecule has 0 spiro atoms. The van der Waals surface area contributed by atoms with Gasteiger partial charge in [-0.3, -0.25) is 0 Å². The predicted octanol–water partition coefficient (Wildman–Crippen LogP) is 2.29. The number of aliphatic hydroxyl groups excluding tert-OH is 1. The van der Waals surface area contributed by atoms with Crippen molar-refractivity contribution in [2.24, 2.45) is 0 Å². The Hall–Kier alpha value is -1.68. The Labute approximate surface area is 113 Å². The maximum absolute atomic E-state index is 9.28. The lowest BCUT2D eigenvalue weighted by Crippen LogP contribution is -2.43. The van der Waals surface area contributed by atoms with Gasteiger partial charge in [0.25, 0.3) is 0 Å². The van der Waals surface area contributed by atoms with E-state index in [-0.39, 0.29) is 6.61 Å². The Bertz CT molecular complexity index is 581. The first-order chi connectivity index (χ1) is 9.29. The Morgan fingerprint density at radius 1 is 1.21 bits per heavy atom. The molecule has 1 aromatic heterocycles. The molecular formula is C15H19N3O. The van der Waals surface area contributed by atoms with Crippen LogP contribution in [0.1, 0.15) is 25.0 Å². The number of aryl methyl sites for hydroxylation is 1. The van der Waals surface area contributed by atoms with Crippen LogP contribution in [0.2, 0.25) is 0 Å². The molecule has 4 nitrogen and oxygen atoms in total.